The van der Waals surface area contributed by atoms with Crippen LogP contribution >= 0.6 is 0 Å². The molecule has 1 aliphatic heterocycles. The first kappa shape index (κ1) is 22.0. The number of amides is 2. The van der Waals surface area contributed by atoms with Gasteiger partial charge < -0.3 is 14.6 Å². The molecule has 162 valence electrons. The fourth-order valence-electron chi connectivity index (χ4n) is 3.44. The first-order valence-electron chi connectivity index (χ1n) is 10.0. The molecule has 2 amide bonds. The van der Waals surface area contributed by atoms with E-state index >= 15 is 0 Å². The number of furan rings is 1. The third kappa shape index (κ3) is 5.70. The summed E-state index contributed by atoms with van der Waals surface area (Å²) in [5.74, 6) is 0.00658. The Bertz CT molecular complexity index is 947. The van der Waals surface area contributed by atoms with Crippen LogP contribution in [0.25, 0.3) is 0 Å². The van der Waals surface area contributed by atoms with Crippen LogP contribution in [0.15, 0.2) is 52.0 Å². The topological polar surface area (TPSA) is 99.9 Å². The highest BCUT2D eigenvalue weighted by atomic mass is 32.2. The van der Waals surface area contributed by atoms with E-state index in [1.165, 1.54) is 37.5 Å². The van der Waals surface area contributed by atoms with Crippen LogP contribution in [0.3, 0.4) is 0 Å². The van der Waals surface area contributed by atoms with Crippen molar-refractivity contribution in [2.24, 2.45) is 0 Å². The van der Waals surface area contributed by atoms with E-state index < -0.39 is 10.0 Å². The van der Waals surface area contributed by atoms with Gasteiger partial charge in [0, 0.05) is 25.7 Å². The highest BCUT2D eigenvalue weighted by Gasteiger charge is 2.29. The smallest absolute Gasteiger partial charge is 0.243 e. The summed E-state index contributed by atoms with van der Waals surface area (Å²) in [6, 6.07) is 9.25. The third-order valence-electron chi connectivity index (χ3n) is 5.00. The molecule has 0 spiro atoms. The summed E-state index contributed by atoms with van der Waals surface area (Å²) in [4.78, 5) is 25.9. The van der Waals surface area contributed by atoms with Crippen molar-refractivity contribution in [2.45, 2.75) is 44.0 Å². The van der Waals surface area contributed by atoms with Gasteiger partial charge in [-0.2, -0.15) is 4.31 Å². The second kappa shape index (κ2) is 9.90. The molecule has 2 heterocycles. The number of hydrogen-bond donors (Lipinski definition) is 1. The van der Waals surface area contributed by atoms with Crippen LogP contribution < -0.4 is 5.32 Å². The first-order valence-corrected chi connectivity index (χ1v) is 11.5. The van der Waals surface area contributed by atoms with Crippen molar-refractivity contribution in [3.63, 3.8) is 0 Å². The quantitative estimate of drug-likeness (QED) is 0.724. The maximum absolute atomic E-state index is 13.3. The number of carbonyl (C=O) groups excluding carboxylic acids is 2. The van der Waals surface area contributed by atoms with Gasteiger partial charge >= 0.3 is 0 Å². The van der Waals surface area contributed by atoms with Gasteiger partial charge in [0.15, 0.2) is 0 Å². The number of hydrogen-bond acceptors (Lipinski definition) is 5. The molecular formula is C21H27N3O5S. The first-order chi connectivity index (χ1) is 14.4. The Morgan fingerprint density at radius 2 is 1.73 bits per heavy atom. The van der Waals surface area contributed by atoms with Crippen molar-refractivity contribution in [3.8, 4) is 0 Å². The minimum absolute atomic E-state index is 0.0393. The molecular weight excluding hydrogens is 406 g/mol. The number of anilines is 1. The SMILES string of the molecule is CC(=O)Nc1ccc(S(=O)(=O)N(CC(=O)N2CCCCCC2)Cc2ccco2)cc1. The maximum atomic E-state index is 13.3. The van der Waals surface area contributed by atoms with Gasteiger partial charge in [0.05, 0.1) is 24.2 Å². The van der Waals surface area contributed by atoms with E-state index in [0.29, 0.717) is 24.5 Å². The lowest BCUT2D eigenvalue weighted by Crippen LogP contribution is -2.42. The number of sulfonamides is 1. The van der Waals surface area contributed by atoms with Crippen molar-refractivity contribution in [1.29, 1.82) is 0 Å². The monoisotopic (exact) mass is 433 g/mol. The average Bonchev–Trinajstić information content (AvgIpc) is 3.06. The number of benzene rings is 1. The molecule has 0 radical (unpaired) electrons. The van der Waals surface area contributed by atoms with Crippen LogP contribution in [-0.2, 0) is 26.2 Å². The van der Waals surface area contributed by atoms with Gasteiger partial charge in [-0.3, -0.25) is 9.59 Å². The summed E-state index contributed by atoms with van der Waals surface area (Å²) >= 11 is 0. The number of nitrogens with zero attached hydrogens (tertiary/aromatic N) is 2. The minimum atomic E-state index is -3.95. The lowest BCUT2D eigenvalue weighted by molar-refractivity contribution is -0.131. The second-order valence-corrected chi connectivity index (χ2v) is 9.29. The summed E-state index contributed by atoms with van der Waals surface area (Å²) in [5.41, 5.74) is 0.500. The van der Waals surface area contributed by atoms with Crippen LogP contribution in [0.2, 0.25) is 0 Å². The summed E-state index contributed by atoms with van der Waals surface area (Å²) in [5, 5.41) is 2.61. The Morgan fingerprint density at radius 1 is 1.07 bits per heavy atom. The number of rotatable bonds is 7. The Balaban J connectivity index is 1.82. The van der Waals surface area contributed by atoms with E-state index in [1.807, 2.05) is 0 Å². The molecule has 0 saturated carbocycles. The van der Waals surface area contributed by atoms with E-state index in [0.717, 1.165) is 30.0 Å². The zero-order chi connectivity index (χ0) is 21.6. The lowest BCUT2D eigenvalue weighted by Gasteiger charge is -2.26. The molecule has 1 aromatic heterocycles. The Morgan fingerprint density at radius 3 is 2.30 bits per heavy atom. The molecule has 1 N–H and O–H groups in total. The van der Waals surface area contributed by atoms with Gasteiger partial charge in [-0.05, 0) is 49.2 Å². The maximum Gasteiger partial charge on any atom is 0.243 e. The summed E-state index contributed by atoms with van der Waals surface area (Å²) in [6.45, 7) is 2.39. The van der Waals surface area contributed by atoms with E-state index in [2.05, 4.69) is 5.32 Å². The van der Waals surface area contributed by atoms with E-state index in [9.17, 15) is 18.0 Å². The molecule has 1 aromatic carbocycles. The van der Waals surface area contributed by atoms with Crippen LogP contribution in [0, 0.1) is 0 Å². The molecule has 0 atom stereocenters. The average molecular weight is 434 g/mol. The van der Waals surface area contributed by atoms with E-state index in [4.69, 9.17) is 4.42 Å². The van der Waals surface area contributed by atoms with Gasteiger partial charge in [0.1, 0.15) is 5.76 Å². The Labute approximate surface area is 176 Å². The van der Waals surface area contributed by atoms with Crippen molar-refractivity contribution in [3.05, 3.63) is 48.4 Å². The fraction of sp³-hybridized carbons (Fsp3) is 0.429. The third-order valence-corrected chi connectivity index (χ3v) is 6.80. The fourth-order valence-corrected chi connectivity index (χ4v) is 4.79. The van der Waals surface area contributed by atoms with Crippen molar-refractivity contribution >= 4 is 27.5 Å². The van der Waals surface area contributed by atoms with Crippen LogP contribution in [0.1, 0.15) is 38.4 Å². The molecule has 30 heavy (non-hydrogen) atoms. The molecule has 1 fully saturated rings. The summed E-state index contributed by atoms with van der Waals surface area (Å²) < 4.78 is 33.1. The molecule has 1 aliphatic rings. The van der Waals surface area contributed by atoms with Crippen molar-refractivity contribution < 1.29 is 22.4 Å². The molecule has 9 heteroatoms. The van der Waals surface area contributed by atoms with Gasteiger partial charge in [0.25, 0.3) is 0 Å². The zero-order valence-corrected chi connectivity index (χ0v) is 17.9. The molecule has 3 rings (SSSR count). The van der Waals surface area contributed by atoms with Crippen LogP contribution in [0.4, 0.5) is 5.69 Å². The lowest BCUT2D eigenvalue weighted by atomic mass is 10.2. The van der Waals surface area contributed by atoms with Gasteiger partial charge in [-0.1, -0.05) is 12.8 Å². The minimum Gasteiger partial charge on any atom is -0.468 e. The molecule has 0 aliphatic carbocycles. The molecule has 2 aromatic rings. The van der Waals surface area contributed by atoms with Gasteiger partial charge in [0.2, 0.25) is 21.8 Å². The number of carbonyl (C=O) groups is 2. The molecule has 1 saturated heterocycles. The van der Waals surface area contributed by atoms with Crippen LogP contribution in [0.5, 0.6) is 0 Å². The van der Waals surface area contributed by atoms with Crippen LogP contribution in [-0.4, -0.2) is 49.1 Å². The molecule has 8 nitrogen and oxygen atoms in total. The van der Waals surface area contributed by atoms with E-state index in [-0.39, 0.29) is 29.8 Å². The largest absolute Gasteiger partial charge is 0.468 e. The highest BCUT2D eigenvalue weighted by Crippen LogP contribution is 2.21. The second-order valence-electron chi connectivity index (χ2n) is 7.35. The summed E-state index contributed by atoms with van der Waals surface area (Å²) in [7, 11) is -3.95. The Kier molecular flexibility index (Phi) is 7.28. The zero-order valence-electron chi connectivity index (χ0n) is 17.0. The van der Waals surface area contributed by atoms with Crippen molar-refractivity contribution in [1.82, 2.24) is 9.21 Å². The number of likely N-dealkylation sites (tertiary alicyclic amines) is 1. The predicted molar refractivity (Wildman–Crippen MR) is 112 cm³/mol. The Hall–Kier alpha value is -2.65. The van der Waals surface area contributed by atoms with E-state index in [1.54, 1.807) is 17.0 Å². The predicted octanol–water partition coefficient (Wildman–Crippen LogP) is 2.83. The van der Waals surface area contributed by atoms with Crippen molar-refractivity contribution in [2.75, 3.05) is 25.0 Å². The highest BCUT2D eigenvalue weighted by molar-refractivity contribution is 7.89. The molecule has 0 bridgehead atoms. The van der Waals surface area contributed by atoms with Gasteiger partial charge in [-0.15, -0.1) is 0 Å². The summed E-state index contributed by atoms with van der Waals surface area (Å²) in [6.07, 6.45) is 5.50. The standard InChI is InChI=1S/C21H27N3O5S/c1-17(25)22-18-8-10-20(11-9-18)30(27,28)24(15-19-7-6-14-29-19)16-21(26)23-12-4-2-3-5-13-23/h6-11,14H,2-5,12-13,15-16H2,1H3,(H,22,25). The van der Waals surface area contributed by atoms with Gasteiger partial charge in [-0.25, -0.2) is 8.42 Å². The number of nitrogens with one attached hydrogen (secondary N) is 1. The molecule has 0 unspecified atom stereocenters. The normalized spacial score (nSPS) is 15.1.